The molecule has 8 nitrogen and oxygen atoms in total. The Labute approximate surface area is 228 Å². The van der Waals surface area contributed by atoms with Crippen molar-refractivity contribution >= 4 is 52.5 Å². The van der Waals surface area contributed by atoms with Gasteiger partial charge in [0, 0.05) is 18.5 Å². The number of amides is 4. The second-order valence-corrected chi connectivity index (χ2v) is 11.5. The minimum absolute atomic E-state index is 0.108. The lowest BCUT2D eigenvalue weighted by Gasteiger charge is -2.50. The molecule has 0 spiro atoms. The number of phenolic OH excluding ortho intramolecular Hbond substituents is 1. The van der Waals surface area contributed by atoms with E-state index in [-0.39, 0.29) is 41.7 Å². The first kappa shape index (κ1) is 24.9. The number of nitrogens with zero attached hydrogens (tertiary/aromatic N) is 2. The number of ether oxygens (including phenoxy) is 1. The molecule has 6 rings (SSSR count). The SMILES string of the molecule is COc1cccc([C@H]2C3=CC[C@@H]4C(=O)N(c5ccccc5)C(=O)[C@@H]4[C@@H]3C[C@@]3(Cl)C(=O)N(C)C(=O)[C@@]23Cl)c1O. The average Bonchev–Trinajstić information content (AvgIpc) is 3.24. The number of imide groups is 2. The number of aromatic hydroxyl groups is 1. The first-order valence-electron chi connectivity index (χ1n) is 12.3. The molecule has 196 valence electrons. The molecule has 10 heteroatoms. The Hall–Kier alpha value is -3.36. The smallest absolute Gasteiger partial charge is 0.253 e. The molecule has 2 heterocycles. The van der Waals surface area contributed by atoms with Gasteiger partial charge in [0.2, 0.25) is 11.8 Å². The Morgan fingerprint density at radius 3 is 2.34 bits per heavy atom. The van der Waals surface area contributed by atoms with Gasteiger partial charge >= 0.3 is 0 Å². The van der Waals surface area contributed by atoms with Crippen molar-refractivity contribution in [3.8, 4) is 11.5 Å². The third kappa shape index (κ3) is 2.93. The molecular weight excluding hydrogens is 531 g/mol. The summed E-state index contributed by atoms with van der Waals surface area (Å²) in [7, 11) is 2.72. The molecule has 4 aliphatic rings. The van der Waals surface area contributed by atoms with Crippen molar-refractivity contribution in [2.75, 3.05) is 19.1 Å². The molecule has 2 saturated heterocycles. The first-order valence-corrected chi connectivity index (χ1v) is 13.0. The van der Waals surface area contributed by atoms with E-state index in [9.17, 15) is 24.3 Å². The number of para-hydroxylation sites is 2. The van der Waals surface area contributed by atoms with Crippen molar-refractivity contribution in [2.24, 2.45) is 17.8 Å². The fourth-order valence-corrected chi connectivity index (χ4v) is 7.87. The third-order valence-corrected chi connectivity index (χ3v) is 10.0. The van der Waals surface area contributed by atoms with Crippen LogP contribution < -0.4 is 9.64 Å². The fraction of sp³-hybridized carbons (Fsp3) is 0.357. The maximum atomic E-state index is 13.9. The standard InChI is InChI=1S/C28H24Cl2N2O6/c1-31-25(36)27(29)13-18-15(21(28(27,30)26(31)37)17-9-6-10-19(38-2)22(17)33)11-12-16-20(18)24(35)32(23(16)34)14-7-4-3-5-8-14/h3-11,16,18,20-21,33H,12-13H2,1-2H3/t16-,18+,20-,21+,27+,28-/m0/s1. The van der Waals surface area contributed by atoms with Crippen molar-refractivity contribution in [3.63, 3.8) is 0 Å². The van der Waals surface area contributed by atoms with Crippen LogP contribution in [0.25, 0.3) is 0 Å². The van der Waals surface area contributed by atoms with Gasteiger partial charge < -0.3 is 9.84 Å². The number of likely N-dealkylation sites (tertiary alicyclic amines) is 1. The molecule has 2 aromatic rings. The van der Waals surface area contributed by atoms with Crippen LogP contribution in [0.3, 0.4) is 0 Å². The molecule has 2 aromatic carbocycles. The highest BCUT2D eigenvalue weighted by molar-refractivity contribution is 6.53. The predicted octanol–water partition coefficient (Wildman–Crippen LogP) is 3.59. The summed E-state index contributed by atoms with van der Waals surface area (Å²) in [6.07, 6.45) is 1.96. The molecule has 2 aliphatic carbocycles. The maximum absolute atomic E-state index is 13.9. The van der Waals surface area contributed by atoms with E-state index >= 15 is 0 Å². The van der Waals surface area contributed by atoms with Crippen molar-refractivity contribution in [3.05, 3.63) is 65.7 Å². The van der Waals surface area contributed by atoms with E-state index in [2.05, 4.69) is 0 Å². The number of fused-ring (bicyclic) bond motifs is 4. The molecule has 2 aliphatic heterocycles. The van der Waals surface area contributed by atoms with E-state index < -0.39 is 45.2 Å². The van der Waals surface area contributed by atoms with Crippen LogP contribution in [0.4, 0.5) is 5.69 Å². The molecule has 6 atom stereocenters. The van der Waals surface area contributed by atoms with Crippen LogP contribution in [-0.4, -0.2) is 57.5 Å². The van der Waals surface area contributed by atoms with Crippen LogP contribution in [0.2, 0.25) is 0 Å². The zero-order valence-corrected chi connectivity index (χ0v) is 22.1. The summed E-state index contributed by atoms with van der Waals surface area (Å²) in [6, 6.07) is 13.5. The lowest BCUT2D eigenvalue weighted by Crippen LogP contribution is -2.60. The average molecular weight is 555 g/mol. The van der Waals surface area contributed by atoms with Crippen LogP contribution in [0, 0.1) is 17.8 Å². The molecule has 3 fully saturated rings. The Kier molecular flexibility index (Phi) is 5.46. The second kappa shape index (κ2) is 8.32. The van der Waals surface area contributed by atoms with Crippen molar-refractivity contribution < 1.29 is 29.0 Å². The maximum Gasteiger partial charge on any atom is 0.253 e. The summed E-state index contributed by atoms with van der Waals surface area (Å²) in [4.78, 5) is 52.7. The molecule has 0 unspecified atom stereocenters. The van der Waals surface area contributed by atoms with Gasteiger partial charge in [-0.15, -0.1) is 23.2 Å². The minimum atomic E-state index is -1.97. The fourth-order valence-electron chi connectivity index (χ4n) is 6.86. The van der Waals surface area contributed by atoms with Gasteiger partial charge in [0.05, 0.1) is 24.6 Å². The molecule has 4 amide bonds. The van der Waals surface area contributed by atoms with E-state index in [0.29, 0.717) is 11.3 Å². The molecular formula is C28H24Cl2N2O6. The van der Waals surface area contributed by atoms with Crippen molar-refractivity contribution in [1.29, 1.82) is 0 Å². The van der Waals surface area contributed by atoms with Crippen LogP contribution >= 0.6 is 23.2 Å². The number of anilines is 1. The molecule has 0 bridgehead atoms. The number of phenols is 1. The van der Waals surface area contributed by atoms with E-state index in [4.69, 9.17) is 27.9 Å². The van der Waals surface area contributed by atoms with Crippen molar-refractivity contribution in [2.45, 2.75) is 28.5 Å². The number of rotatable bonds is 3. The van der Waals surface area contributed by atoms with Gasteiger partial charge in [-0.3, -0.25) is 29.0 Å². The van der Waals surface area contributed by atoms with Crippen molar-refractivity contribution in [1.82, 2.24) is 4.90 Å². The van der Waals surface area contributed by atoms with Gasteiger partial charge in [-0.1, -0.05) is 42.0 Å². The second-order valence-electron chi connectivity index (χ2n) is 10.2. The van der Waals surface area contributed by atoms with Gasteiger partial charge in [0.25, 0.3) is 11.8 Å². The largest absolute Gasteiger partial charge is 0.504 e. The number of hydrogen-bond donors (Lipinski definition) is 1. The number of hydrogen-bond acceptors (Lipinski definition) is 6. The highest BCUT2D eigenvalue weighted by Gasteiger charge is 2.76. The number of allylic oxidation sites excluding steroid dienone is 2. The van der Waals surface area contributed by atoms with Crippen LogP contribution in [0.1, 0.15) is 24.3 Å². The van der Waals surface area contributed by atoms with Gasteiger partial charge in [-0.05, 0) is 37.0 Å². The molecule has 38 heavy (non-hydrogen) atoms. The highest BCUT2D eigenvalue weighted by Crippen LogP contribution is 2.66. The monoisotopic (exact) mass is 554 g/mol. The summed E-state index contributed by atoms with van der Waals surface area (Å²) in [5.41, 5.74) is 1.33. The molecule has 0 radical (unpaired) electrons. The normalized spacial score (nSPS) is 34.2. The summed E-state index contributed by atoms with van der Waals surface area (Å²) in [5.74, 6) is -5.31. The number of halogens is 2. The Bertz CT molecular complexity index is 1440. The van der Waals surface area contributed by atoms with Gasteiger partial charge in [0.15, 0.2) is 21.2 Å². The third-order valence-electron chi connectivity index (χ3n) is 8.59. The summed E-state index contributed by atoms with van der Waals surface area (Å²) < 4.78 is 5.30. The molecule has 1 saturated carbocycles. The summed E-state index contributed by atoms with van der Waals surface area (Å²) >= 11 is 14.3. The predicted molar refractivity (Wildman–Crippen MR) is 139 cm³/mol. The zero-order chi connectivity index (χ0) is 27.1. The van der Waals surface area contributed by atoms with E-state index in [1.807, 2.05) is 6.08 Å². The quantitative estimate of drug-likeness (QED) is 0.353. The topological polar surface area (TPSA) is 104 Å². The number of carbonyl (C=O) groups excluding carboxylic acids is 4. The Morgan fingerprint density at radius 2 is 1.66 bits per heavy atom. The highest BCUT2D eigenvalue weighted by atomic mass is 35.5. The number of benzene rings is 2. The number of alkyl halides is 2. The Balaban J connectivity index is 1.55. The van der Waals surface area contributed by atoms with Crippen LogP contribution in [0.5, 0.6) is 11.5 Å². The number of carbonyl (C=O) groups is 4. The van der Waals surface area contributed by atoms with E-state index in [1.54, 1.807) is 48.5 Å². The zero-order valence-electron chi connectivity index (χ0n) is 20.6. The summed E-state index contributed by atoms with van der Waals surface area (Å²) in [6.45, 7) is 0. The van der Waals surface area contributed by atoms with E-state index in [0.717, 1.165) is 4.90 Å². The van der Waals surface area contributed by atoms with Crippen LogP contribution in [-0.2, 0) is 19.2 Å². The minimum Gasteiger partial charge on any atom is -0.504 e. The molecule has 1 N–H and O–H groups in total. The number of methoxy groups -OCH3 is 1. The van der Waals surface area contributed by atoms with E-state index in [1.165, 1.54) is 19.1 Å². The summed E-state index contributed by atoms with van der Waals surface area (Å²) in [5, 5.41) is 11.1. The van der Waals surface area contributed by atoms with Gasteiger partial charge in [-0.25, -0.2) is 0 Å². The Morgan fingerprint density at radius 1 is 0.947 bits per heavy atom. The van der Waals surface area contributed by atoms with Crippen LogP contribution in [0.15, 0.2) is 60.2 Å². The molecule has 0 aromatic heterocycles. The van der Waals surface area contributed by atoms with Gasteiger partial charge in [0.1, 0.15) is 0 Å². The lowest BCUT2D eigenvalue weighted by molar-refractivity contribution is -0.138. The lowest BCUT2D eigenvalue weighted by atomic mass is 9.56. The first-order chi connectivity index (χ1) is 18.1. The van der Waals surface area contributed by atoms with Gasteiger partial charge in [-0.2, -0.15) is 0 Å².